The maximum Gasteiger partial charge on any atom is 0.338 e. The fraction of sp³-hybridized carbons (Fsp3) is 0.259. The van der Waals surface area contributed by atoms with E-state index in [1.54, 1.807) is 0 Å². The molecule has 0 amide bonds. The molecule has 164 valence electrons. The van der Waals surface area contributed by atoms with Gasteiger partial charge in [0.05, 0.1) is 24.4 Å². The standard InChI is InChI=1S/C27H29N3O2/c1-18(2)26(29(3)4)30-17-23(25-22(27(31)32-5)12-9-13-24(25)30)21-14-20(15-28-16-21)19-10-7-6-8-11-19/h6-18,26H,1-5H3. The Balaban J connectivity index is 2.00. The number of carbonyl (C=O) groups is 1. The highest BCUT2D eigenvalue weighted by Gasteiger charge is 2.25. The smallest absolute Gasteiger partial charge is 0.338 e. The molecule has 5 heteroatoms. The number of hydrogen-bond donors (Lipinski definition) is 0. The van der Waals surface area contributed by atoms with E-state index < -0.39 is 0 Å². The van der Waals surface area contributed by atoms with Gasteiger partial charge in [0, 0.05) is 40.7 Å². The van der Waals surface area contributed by atoms with Crippen LogP contribution in [0.25, 0.3) is 33.2 Å². The largest absolute Gasteiger partial charge is 0.465 e. The summed E-state index contributed by atoms with van der Waals surface area (Å²) >= 11 is 0. The molecule has 2 heterocycles. The van der Waals surface area contributed by atoms with Crippen LogP contribution < -0.4 is 0 Å². The van der Waals surface area contributed by atoms with E-state index in [1.807, 2.05) is 42.7 Å². The van der Waals surface area contributed by atoms with Gasteiger partial charge in [0.1, 0.15) is 0 Å². The quantitative estimate of drug-likeness (QED) is 0.361. The lowest BCUT2D eigenvalue weighted by atomic mass is 9.99. The summed E-state index contributed by atoms with van der Waals surface area (Å²) in [6.45, 7) is 4.41. The van der Waals surface area contributed by atoms with Gasteiger partial charge in [-0.3, -0.25) is 9.88 Å². The SMILES string of the molecule is COC(=O)c1cccc2c1c(-c1cncc(-c3ccccc3)c1)cn2C(C(C)C)N(C)C. The number of nitrogens with zero attached hydrogens (tertiary/aromatic N) is 3. The molecule has 0 N–H and O–H groups in total. The van der Waals surface area contributed by atoms with Crippen molar-refractivity contribution in [3.8, 4) is 22.3 Å². The third-order valence-corrected chi connectivity index (χ3v) is 5.83. The van der Waals surface area contributed by atoms with E-state index in [0.717, 1.165) is 33.2 Å². The van der Waals surface area contributed by atoms with Gasteiger partial charge in [-0.15, -0.1) is 0 Å². The Labute approximate surface area is 189 Å². The number of esters is 1. The number of pyridine rings is 1. The minimum atomic E-state index is -0.340. The van der Waals surface area contributed by atoms with Crippen molar-refractivity contribution in [3.05, 3.63) is 78.8 Å². The van der Waals surface area contributed by atoms with Gasteiger partial charge in [0.15, 0.2) is 0 Å². The number of hydrogen-bond acceptors (Lipinski definition) is 4. The minimum Gasteiger partial charge on any atom is -0.465 e. The first kappa shape index (κ1) is 21.8. The van der Waals surface area contributed by atoms with Gasteiger partial charge in [0.2, 0.25) is 0 Å². The highest BCUT2D eigenvalue weighted by Crippen LogP contribution is 2.38. The topological polar surface area (TPSA) is 47.4 Å². The van der Waals surface area contributed by atoms with E-state index in [4.69, 9.17) is 4.74 Å². The van der Waals surface area contributed by atoms with Gasteiger partial charge in [-0.2, -0.15) is 0 Å². The average Bonchev–Trinajstić information content (AvgIpc) is 3.18. The van der Waals surface area contributed by atoms with Crippen LogP contribution in [0, 0.1) is 5.92 Å². The highest BCUT2D eigenvalue weighted by molar-refractivity contribution is 6.10. The fourth-order valence-corrected chi connectivity index (χ4v) is 4.57. The zero-order valence-electron chi connectivity index (χ0n) is 19.2. The van der Waals surface area contributed by atoms with Gasteiger partial charge >= 0.3 is 5.97 Å². The molecule has 0 saturated carbocycles. The Hall–Kier alpha value is -3.44. The summed E-state index contributed by atoms with van der Waals surface area (Å²) < 4.78 is 7.38. The molecule has 0 spiro atoms. The normalized spacial score (nSPS) is 12.5. The number of ether oxygens (including phenoxy) is 1. The Bertz CT molecular complexity index is 1230. The Morgan fingerprint density at radius 2 is 1.69 bits per heavy atom. The lowest BCUT2D eigenvalue weighted by Crippen LogP contribution is -2.29. The number of fused-ring (bicyclic) bond motifs is 1. The Morgan fingerprint density at radius 3 is 2.34 bits per heavy atom. The molecule has 0 aliphatic heterocycles. The zero-order valence-corrected chi connectivity index (χ0v) is 19.2. The molecule has 0 saturated heterocycles. The van der Waals surface area contributed by atoms with Crippen molar-refractivity contribution in [2.45, 2.75) is 20.0 Å². The molecular weight excluding hydrogens is 398 g/mol. The van der Waals surface area contributed by atoms with E-state index in [1.165, 1.54) is 7.11 Å². The number of methoxy groups -OCH3 is 1. The molecule has 0 fully saturated rings. The van der Waals surface area contributed by atoms with Crippen LogP contribution in [-0.2, 0) is 4.74 Å². The van der Waals surface area contributed by atoms with E-state index in [9.17, 15) is 4.79 Å². The molecule has 2 aromatic carbocycles. The third kappa shape index (κ3) is 3.92. The van der Waals surface area contributed by atoms with Crippen LogP contribution in [0.1, 0.15) is 30.4 Å². The maximum absolute atomic E-state index is 12.7. The molecule has 5 nitrogen and oxygen atoms in total. The lowest BCUT2D eigenvalue weighted by molar-refractivity contribution is 0.0603. The van der Waals surface area contributed by atoms with Crippen molar-refractivity contribution in [1.82, 2.24) is 14.5 Å². The van der Waals surface area contributed by atoms with Crippen molar-refractivity contribution in [2.75, 3.05) is 21.2 Å². The molecule has 1 atom stereocenters. The molecule has 0 aliphatic carbocycles. The summed E-state index contributed by atoms with van der Waals surface area (Å²) in [6.07, 6.45) is 6.01. The fourth-order valence-electron chi connectivity index (χ4n) is 4.57. The van der Waals surface area contributed by atoms with E-state index in [2.05, 4.69) is 72.9 Å². The van der Waals surface area contributed by atoms with Crippen molar-refractivity contribution < 1.29 is 9.53 Å². The second-order valence-electron chi connectivity index (χ2n) is 8.59. The van der Waals surface area contributed by atoms with Crippen LogP contribution in [0.4, 0.5) is 0 Å². The van der Waals surface area contributed by atoms with Crippen molar-refractivity contribution >= 4 is 16.9 Å². The summed E-state index contributed by atoms with van der Waals surface area (Å²) in [5.74, 6) is 0.0248. The Kier molecular flexibility index (Phi) is 6.10. The van der Waals surface area contributed by atoms with Gasteiger partial charge in [-0.05, 0) is 43.8 Å². The van der Waals surface area contributed by atoms with Crippen LogP contribution in [0.5, 0.6) is 0 Å². The average molecular weight is 428 g/mol. The molecule has 1 unspecified atom stereocenters. The summed E-state index contributed by atoms with van der Waals surface area (Å²) in [5, 5.41) is 0.888. The molecule has 4 rings (SSSR count). The third-order valence-electron chi connectivity index (χ3n) is 5.83. The van der Waals surface area contributed by atoms with Gasteiger partial charge in [-0.25, -0.2) is 4.79 Å². The monoisotopic (exact) mass is 427 g/mol. The van der Waals surface area contributed by atoms with Crippen molar-refractivity contribution in [3.63, 3.8) is 0 Å². The Morgan fingerprint density at radius 1 is 0.969 bits per heavy atom. The van der Waals surface area contributed by atoms with Crippen molar-refractivity contribution in [2.24, 2.45) is 5.92 Å². The first-order valence-corrected chi connectivity index (χ1v) is 10.8. The highest BCUT2D eigenvalue weighted by atomic mass is 16.5. The first-order valence-electron chi connectivity index (χ1n) is 10.8. The van der Waals surface area contributed by atoms with Gasteiger partial charge < -0.3 is 9.30 Å². The van der Waals surface area contributed by atoms with Gasteiger partial charge in [0.25, 0.3) is 0 Å². The summed E-state index contributed by atoms with van der Waals surface area (Å²) in [6, 6.07) is 18.1. The number of benzene rings is 2. The molecular formula is C27H29N3O2. The molecule has 4 aromatic rings. The summed E-state index contributed by atoms with van der Waals surface area (Å²) in [7, 11) is 5.59. The summed E-state index contributed by atoms with van der Waals surface area (Å²) in [4.78, 5) is 19.4. The molecule has 0 bridgehead atoms. The van der Waals surface area contributed by atoms with Crippen molar-refractivity contribution in [1.29, 1.82) is 0 Å². The maximum atomic E-state index is 12.7. The van der Waals surface area contributed by atoms with Gasteiger partial charge in [-0.1, -0.05) is 50.2 Å². The zero-order chi connectivity index (χ0) is 22.8. The van der Waals surface area contributed by atoms with E-state index in [0.29, 0.717) is 11.5 Å². The van der Waals surface area contributed by atoms with E-state index in [-0.39, 0.29) is 12.1 Å². The van der Waals surface area contributed by atoms with Crippen LogP contribution in [-0.4, -0.2) is 41.6 Å². The predicted molar refractivity (Wildman–Crippen MR) is 130 cm³/mol. The van der Waals surface area contributed by atoms with Crippen LogP contribution in [0.2, 0.25) is 0 Å². The number of rotatable bonds is 6. The van der Waals surface area contributed by atoms with E-state index >= 15 is 0 Å². The molecule has 0 radical (unpaired) electrons. The second-order valence-corrected chi connectivity index (χ2v) is 8.59. The lowest BCUT2D eigenvalue weighted by Gasteiger charge is -2.30. The van der Waals surface area contributed by atoms with Crippen LogP contribution >= 0.6 is 0 Å². The van der Waals surface area contributed by atoms with Crippen LogP contribution in [0.3, 0.4) is 0 Å². The molecule has 0 aliphatic rings. The molecule has 32 heavy (non-hydrogen) atoms. The first-order chi connectivity index (χ1) is 15.4. The number of aromatic nitrogens is 2. The molecule has 2 aromatic heterocycles. The number of carbonyl (C=O) groups excluding carboxylic acids is 1. The minimum absolute atomic E-state index is 0.129. The summed E-state index contributed by atoms with van der Waals surface area (Å²) in [5.41, 5.74) is 5.64. The predicted octanol–water partition coefficient (Wildman–Crippen LogP) is 5.87. The van der Waals surface area contributed by atoms with Crippen LogP contribution in [0.15, 0.2) is 73.2 Å². The second kappa shape index (κ2) is 8.97.